The van der Waals surface area contributed by atoms with E-state index in [4.69, 9.17) is 37.0 Å². The van der Waals surface area contributed by atoms with E-state index >= 15 is 0 Å². The molecule has 0 aromatic heterocycles. The Balaban J connectivity index is 5.15. The number of ether oxygens (including phenoxy) is 4. The second-order valence-corrected chi connectivity index (χ2v) is 29.6. The molecule has 0 aliphatic carbocycles. The van der Waals surface area contributed by atoms with Crippen LogP contribution >= 0.6 is 15.6 Å². The van der Waals surface area contributed by atoms with Crippen LogP contribution in [0.1, 0.15) is 350 Å². The van der Waals surface area contributed by atoms with Crippen molar-refractivity contribution in [3.05, 3.63) is 0 Å². The Bertz CT molecular complexity index is 1750. The minimum atomic E-state index is -4.95. The first-order chi connectivity index (χ1) is 42.7. The first-order valence-electron chi connectivity index (χ1n) is 36.3. The maximum Gasteiger partial charge on any atom is 0.472 e. The molecular formula is C70H136O17P2. The summed E-state index contributed by atoms with van der Waals surface area (Å²) in [5, 5.41) is 10.5. The molecular weight excluding hydrogens is 1170 g/mol. The normalized spacial score (nSPS) is 14.2. The number of carbonyl (C=O) groups excluding carboxylic acids is 4. The van der Waals surface area contributed by atoms with Crippen LogP contribution in [0, 0.1) is 17.8 Å². The summed E-state index contributed by atoms with van der Waals surface area (Å²) >= 11 is 0. The van der Waals surface area contributed by atoms with Gasteiger partial charge in [-0.25, -0.2) is 9.13 Å². The molecule has 0 fully saturated rings. The molecule has 528 valence electrons. The number of hydrogen-bond donors (Lipinski definition) is 3. The molecule has 0 spiro atoms. The van der Waals surface area contributed by atoms with Gasteiger partial charge in [0, 0.05) is 25.7 Å². The lowest BCUT2D eigenvalue weighted by atomic mass is 10.0. The molecule has 3 N–H and O–H groups in total. The van der Waals surface area contributed by atoms with Crippen molar-refractivity contribution in [3.63, 3.8) is 0 Å². The van der Waals surface area contributed by atoms with Gasteiger partial charge in [-0.2, -0.15) is 0 Å². The van der Waals surface area contributed by atoms with Gasteiger partial charge in [-0.3, -0.25) is 37.3 Å². The SMILES string of the molecule is CCCCCCCC(=O)OC[C@H](COP(=O)(O)OC[C@H](O)COP(=O)(O)OC[C@@H](COC(=O)CCCCCCCCCCCCCCC(C)C)OC(=O)CCCCCCCCCCCCCCCCCCC(C)C)OC(=O)CCCCCCCCCC(C)C. The maximum atomic E-state index is 13.0. The third kappa shape index (κ3) is 64.6. The molecule has 0 aliphatic heterocycles. The first-order valence-corrected chi connectivity index (χ1v) is 39.3. The minimum absolute atomic E-state index is 0.102. The third-order valence-corrected chi connectivity index (χ3v) is 18.0. The summed E-state index contributed by atoms with van der Waals surface area (Å²) in [5.74, 6) is 0.148. The van der Waals surface area contributed by atoms with Gasteiger partial charge in [-0.15, -0.1) is 0 Å². The van der Waals surface area contributed by atoms with E-state index < -0.39 is 97.5 Å². The van der Waals surface area contributed by atoms with Gasteiger partial charge in [0.15, 0.2) is 12.2 Å². The number of carbonyl (C=O) groups is 4. The molecule has 0 amide bonds. The number of phosphoric acid groups is 2. The number of phosphoric ester groups is 2. The van der Waals surface area contributed by atoms with Gasteiger partial charge in [-0.05, 0) is 43.4 Å². The van der Waals surface area contributed by atoms with Gasteiger partial charge < -0.3 is 33.8 Å². The summed E-state index contributed by atoms with van der Waals surface area (Å²) in [6, 6.07) is 0. The van der Waals surface area contributed by atoms with E-state index in [1.165, 1.54) is 154 Å². The van der Waals surface area contributed by atoms with E-state index in [2.05, 4.69) is 48.5 Å². The summed E-state index contributed by atoms with van der Waals surface area (Å²) in [6.07, 6.45) is 45.0. The maximum absolute atomic E-state index is 13.0. The summed E-state index contributed by atoms with van der Waals surface area (Å²) < 4.78 is 68.0. The van der Waals surface area contributed by atoms with Crippen LogP contribution in [0.2, 0.25) is 0 Å². The molecule has 0 bridgehead atoms. The largest absolute Gasteiger partial charge is 0.472 e. The summed E-state index contributed by atoms with van der Waals surface area (Å²) in [4.78, 5) is 72.2. The molecule has 0 radical (unpaired) electrons. The standard InChI is InChI=1S/C70H136O17P2/c1-8-9-10-34-44-51-67(72)80-57-65(86-70(75)54-47-40-33-27-30-37-43-50-63(6)7)59-84-88(76,77)82-55-64(71)56-83-89(78,79)85-60-66(58-81-68(73)52-45-38-31-25-21-18-17-20-24-29-36-42-49-62(4)5)87-69(74)53-46-39-32-26-22-16-14-12-11-13-15-19-23-28-35-41-48-61(2)3/h61-66,71H,8-60H2,1-7H3,(H,76,77)(H,78,79)/t64-,65+,66+/m0/s1. The number of aliphatic hydroxyl groups is 1. The van der Waals surface area contributed by atoms with E-state index in [-0.39, 0.29) is 25.7 Å². The van der Waals surface area contributed by atoms with Gasteiger partial charge in [0.2, 0.25) is 0 Å². The van der Waals surface area contributed by atoms with Gasteiger partial charge in [0.25, 0.3) is 0 Å². The van der Waals surface area contributed by atoms with Crippen LogP contribution in [0.25, 0.3) is 0 Å². The molecule has 0 saturated heterocycles. The zero-order valence-electron chi connectivity index (χ0n) is 57.9. The van der Waals surface area contributed by atoms with Gasteiger partial charge in [0.05, 0.1) is 26.4 Å². The van der Waals surface area contributed by atoms with Crippen LogP contribution in [0.5, 0.6) is 0 Å². The third-order valence-electron chi connectivity index (χ3n) is 16.1. The van der Waals surface area contributed by atoms with Crippen molar-refractivity contribution in [3.8, 4) is 0 Å². The van der Waals surface area contributed by atoms with Crippen molar-refractivity contribution < 1.29 is 80.2 Å². The second kappa shape index (κ2) is 61.0. The number of hydrogen-bond acceptors (Lipinski definition) is 15. The van der Waals surface area contributed by atoms with Gasteiger partial charge in [0.1, 0.15) is 19.3 Å². The predicted octanol–water partition coefficient (Wildman–Crippen LogP) is 19.8. The Labute approximate surface area is 543 Å². The van der Waals surface area contributed by atoms with Crippen molar-refractivity contribution >= 4 is 39.5 Å². The molecule has 0 heterocycles. The average molecular weight is 1310 g/mol. The first kappa shape index (κ1) is 87.1. The Kier molecular flexibility index (Phi) is 59.6. The average Bonchev–Trinajstić information content (AvgIpc) is 3.69. The molecule has 17 nitrogen and oxygen atoms in total. The van der Waals surface area contributed by atoms with E-state index in [1.54, 1.807) is 0 Å². The Morgan fingerprint density at radius 2 is 0.517 bits per heavy atom. The van der Waals surface area contributed by atoms with Crippen molar-refractivity contribution in [1.82, 2.24) is 0 Å². The summed E-state index contributed by atoms with van der Waals surface area (Å²) in [6.45, 7) is 11.7. The molecule has 5 atom stereocenters. The lowest BCUT2D eigenvalue weighted by molar-refractivity contribution is -0.161. The van der Waals surface area contributed by atoms with E-state index in [0.717, 1.165) is 108 Å². The molecule has 0 saturated carbocycles. The van der Waals surface area contributed by atoms with Crippen LogP contribution in [-0.4, -0.2) is 96.7 Å². The molecule has 19 heteroatoms. The van der Waals surface area contributed by atoms with Crippen LogP contribution in [0.3, 0.4) is 0 Å². The number of rotatable bonds is 68. The second-order valence-electron chi connectivity index (χ2n) is 26.7. The fourth-order valence-electron chi connectivity index (χ4n) is 10.5. The Morgan fingerprint density at radius 3 is 0.764 bits per heavy atom. The summed E-state index contributed by atoms with van der Waals surface area (Å²) in [7, 11) is -9.89. The Hall–Kier alpha value is -1.94. The molecule has 2 unspecified atom stereocenters. The van der Waals surface area contributed by atoms with Crippen LogP contribution < -0.4 is 0 Å². The minimum Gasteiger partial charge on any atom is -0.462 e. The van der Waals surface area contributed by atoms with Crippen molar-refractivity contribution in [2.45, 2.75) is 369 Å². The van der Waals surface area contributed by atoms with Crippen molar-refractivity contribution in [1.29, 1.82) is 0 Å². The quantitative estimate of drug-likeness (QED) is 0.0222. The monoisotopic (exact) mass is 1310 g/mol. The molecule has 0 rings (SSSR count). The van der Waals surface area contributed by atoms with E-state index in [1.807, 2.05) is 0 Å². The lowest BCUT2D eigenvalue weighted by Gasteiger charge is -2.21. The zero-order valence-corrected chi connectivity index (χ0v) is 59.7. The van der Waals surface area contributed by atoms with Crippen molar-refractivity contribution in [2.75, 3.05) is 39.6 Å². The highest BCUT2D eigenvalue weighted by molar-refractivity contribution is 7.47. The Morgan fingerprint density at radius 1 is 0.303 bits per heavy atom. The van der Waals surface area contributed by atoms with Gasteiger partial charge in [-0.1, -0.05) is 299 Å². The smallest absolute Gasteiger partial charge is 0.462 e. The van der Waals surface area contributed by atoms with Crippen LogP contribution in [0.15, 0.2) is 0 Å². The van der Waals surface area contributed by atoms with Gasteiger partial charge >= 0.3 is 39.5 Å². The van der Waals surface area contributed by atoms with E-state index in [9.17, 15) is 43.2 Å². The number of aliphatic hydroxyl groups excluding tert-OH is 1. The number of esters is 4. The van der Waals surface area contributed by atoms with Crippen LogP contribution in [-0.2, 0) is 65.4 Å². The van der Waals surface area contributed by atoms with E-state index in [0.29, 0.717) is 31.6 Å². The molecule has 0 aromatic carbocycles. The predicted molar refractivity (Wildman–Crippen MR) is 358 cm³/mol. The number of unbranched alkanes of at least 4 members (excludes halogenated alkanes) is 36. The fraction of sp³-hybridized carbons (Fsp3) is 0.943. The molecule has 0 aliphatic rings. The highest BCUT2D eigenvalue weighted by Crippen LogP contribution is 2.45. The van der Waals surface area contributed by atoms with Crippen molar-refractivity contribution in [2.24, 2.45) is 17.8 Å². The molecule has 89 heavy (non-hydrogen) atoms. The fourth-order valence-corrected chi connectivity index (χ4v) is 12.1. The summed E-state index contributed by atoms with van der Waals surface area (Å²) in [5.41, 5.74) is 0. The highest BCUT2D eigenvalue weighted by Gasteiger charge is 2.30. The lowest BCUT2D eigenvalue weighted by Crippen LogP contribution is -2.30. The zero-order chi connectivity index (χ0) is 65.9. The highest BCUT2D eigenvalue weighted by atomic mass is 31.2. The van der Waals surface area contributed by atoms with Crippen LogP contribution in [0.4, 0.5) is 0 Å². The topological polar surface area (TPSA) is 237 Å². The molecule has 0 aromatic rings.